The van der Waals surface area contributed by atoms with Crippen LogP contribution in [0, 0.1) is 5.92 Å². The molecule has 2 atom stereocenters. The van der Waals surface area contributed by atoms with Crippen molar-refractivity contribution in [2.45, 2.75) is 32.4 Å². The number of aromatic nitrogens is 1. The molecule has 0 bridgehead atoms. The van der Waals surface area contributed by atoms with Crippen LogP contribution in [0.25, 0.3) is 0 Å². The second-order valence-electron chi connectivity index (χ2n) is 6.96. The van der Waals surface area contributed by atoms with Gasteiger partial charge in [-0.25, -0.2) is 0 Å². The van der Waals surface area contributed by atoms with E-state index in [2.05, 4.69) is 10.3 Å². The molecule has 0 aliphatic carbocycles. The molecule has 1 aliphatic heterocycles. The Morgan fingerprint density at radius 2 is 2.10 bits per heavy atom. The summed E-state index contributed by atoms with van der Waals surface area (Å²) in [6, 6.07) is 8.86. The lowest BCUT2D eigenvalue weighted by atomic mass is 9.83. The fourth-order valence-corrected chi connectivity index (χ4v) is 3.87. The highest BCUT2D eigenvalue weighted by Crippen LogP contribution is 2.41. The maximum absolute atomic E-state index is 13.1. The van der Waals surface area contributed by atoms with Gasteiger partial charge in [-0.1, -0.05) is 6.07 Å². The van der Waals surface area contributed by atoms with Crippen LogP contribution in [0.3, 0.4) is 0 Å². The quantitative estimate of drug-likeness (QED) is 0.777. The van der Waals surface area contributed by atoms with Gasteiger partial charge in [0, 0.05) is 43.5 Å². The van der Waals surface area contributed by atoms with Crippen molar-refractivity contribution in [2.24, 2.45) is 5.92 Å². The van der Waals surface area contributed by atoms with Crippen molar-refractivity contribution in [2.75, 3.05) is 20.8 Å². The van der Waals surface area contributed by atoms with Gasteiger partial charge in [0.1, 0.15) is 11.5 Å². The van der Waals surface area contributed by atoms with Crippen molar-refractivity contribution in [1.82, 2.24) is 15.2 Å². The van der Waals surface area contributed by atoms with Crippen LogP contribution in [-0.2, 0) is 16.1 Å². The first kappa shape index (κ1) is 20.6. The monoisotopic (exact) mass is 397 g/mol. The SMILES string of the molecule is CCN1C(=O)CC[C@@H](C(=O)NCc2cccnc2)[C@@H]1c1ccc(OC)cc1OC. The molecule has 0 radical (unpaired) electrons. The minimum absolute atomic E-state index is 0.0479. The number of carbonyl (C=O) groups is 2. The highest BCUT2D eigenvalue weighted by molar-refractivity contribution is 5.85. The number of pyridine rings is 1. The van der Waals surface area contributed by atoms with E-state index in [0.29, 0.717) is 37.4 Å². The molecule has 2 aromatic rings. The number of hydrogen-bond acceptors (Lipinski definition) is 5. The Kier molecular flexibility index (Phi) is 6.69. The van der Waals surface area contributed by atoms with Crippen LogP contribution in [0.4, 0.5) is 0 Å². The van der Waals surface area contributed by atoms with E-state index in [-0.39, 0.29) is 17.7 Å². The number of ether oxygens (including phenoxy) is 2. The fourth-order valence-electron chi connectivity index (χ4n) is 3.87. The zero-order valence-electron chi connectivity index (χ0n) is 17.1. The summed E-state index contributed by atoms with van der Waals surface area (Å²) in [7, 11) is 3.17. The van der Waals surface area contributed by atoms with Crippen LogP contribution in [-0.4, -0.2) is 42.5 Å². The number of piperidine rings is 1. The zero-order chi connectivity index (χ0) is 20.8. The number of hydrogen-bond donors (Lipinski definition) is 1. The van der Waals surface area contributed by atoms with Gasteiger partial charge >= 0.3 is 0 Å². The molecule has 1 N–H and O–H groups in total. The fraction of sp³-hybridized carbons (Fsp3) is 0.409. The molecule has 1 fully saturated rings. The van der Waals surface area contributed by atoms with Gasteiger partial charge in [0.15, 0.2) is 0 Å². The number of carbonyl (C=O) groups excluding carboxylic acids is 2. The molecule has 1 aromatic carbocycles. The summed E-state index contributed by atoms with van der Waals surface area (Å²) < 4.78 is 10.9. The molecule has 7 heteroatoms. The van der Waals surface area contributed by atoms with Gasteiger partial charge in [-0.15, -0.1) is 0 Å². The van der Waals surface area contributed by atoms with Crippen LogP contribution < -0.4 is 14.8 Å². The van der Waals surface area contributed by atoms with E-state index in [1.807, 2.05) is 31.2 Å². The lowest BCUT2D eigenvalue weighted by molar-refractivity contribution is -0.143. The molecule has 154 valence electrons. The second-order valence-corrected chi connectivity index (χ2v) is 6.96. The van der Waals surface area contributed by atoms with Crippen molar-refractivity contribution in [3.05, 3.63) is 53.9 Å². The van der Waals surface area contributed by atoms with Gasteiger partial charge < -0.3 is 19.7 Å². The van der Waals surface area contributed by atoms with Gasteiger partial charge in [-0.3, -0.25) is 14.6 Å². The van der Waals surface area contributed by atoms with Crippen molar-refractivity contribution in [1.29, 1.82) is 0 Å². The van der Waals surface area contributed by atoms with Crippen LogP contribution in [0.15, 0.2) is 42.7 Å². The van der Waals surface area contributed by atoms with E-state index in [4.69, 9.17) is 9.47 Å². The summed E-state index contributed by atoms with van der Waals surface area (Å²) in [6.45, 7) is 2.84. The topological polar surface area (TPSA) is 80.8 Å². The smallest absolute Gasteiger partial charge is 0.225 e. The molecule has 1 aromatic heterocycles. The Morgan fingerprint density at radius 1 is 1.28 bits per heavy atom. The van der Waals surface area contributed by atoms with E-state index in [1.54, 1.807) is 37.6 Å². The van der Waals surface area contributed by atoms with Crippen molar-refractivity contribution in [3.8, 4) is 11.5 Å². The summed E-state index contributed by atoms with van der Waals surface area (Å²) in [4.78, 5) is 31.6. The average Bonchev–Trinajstić information content (AvgIpc) is 2.77. The lowest BCUT2D eigenvalue weighted by Crippen LogP contribution is -2.48. The lowest BCUT2D eigenvalue weighted by Gasteiger charge is -2.40. The van der Waals surface area contributed by atoms with Gasteiger partial charge in [-0.05, 0) is 37.1 Å². The molecule has 3 rings (SSSR count). The van der Waals surface area contributed by atoms with E-state index in [1.165, 1.54) is 0 Å². The van der Waals surface area contributed by atoms with Crippen molar-refractivity contribution in [3.63, 3.8) is 0 Å². The van der Waals surface area contributed by atoms with E-state index < -0.39 is 6.04 Å². The number of amides is 2. The molecule has 7 nitrogen and oxygen atoms in total. The third kappa shape index (κ3) is 4.50. The number of methoxy groups -OCH3 is 2. The van der Waals surface area contributed by atoms with Gasteiger partial charge in [0.05, 0.1) is 26.2 Å². The molecule has 2 heterocycles. The number of rotatable bonds is 7. The molecule has 0 saturated carbocycles. The highest BCUT2D eigenvalue weighted by atomic mass is 16.5. The zero-order valence-corrected chi connectivity index (χ0v) is 17.1. The Morgan fingerprint density at radius 3 is 2.76 bits per heavy atom. The second kappa shape index (κ2) is 9.41. The normalized spacial score (nSPS) is 19.0. The van der Waals surface area contributed by atoms with Crippen molar-refractivity contribution < 1.29 is 19.1 Å². The van der Waals surface area contributed by atoms with Gasteiger partial charge in [0.2, 0.25) is 11.8 Å². The molecule has 0 spiro atoms. The Balaban J connectivity index is 1.90. The third-order valence-corrected chi connectivity index (χ3v) is 5.33. The average molecular weight is 397 g/mol. The number of benzene rings is 1. The predicted octanol–water partition coefficient (Wildman–Crippen LogP) is 2.71. The molecule has 0 unspecified atom stereocenters. The van der Waals surface area contributed by atoms with Crippen LogP contribution in [0.1, 0.15) is 36.9 Å². The maximum atomic E-state index is 13.1. The largest absolute Gasteiger partial charge is 0.497 e. The summed E-state index contributed by atoms with van der Waals surface area (Å²) in [6.07, 6.45) is 4.28. The molecule has 2 amide bonds. The number of likely N-dealkylation sites (tertiary alicyclic amines) is 1. The molecule has 1 saturated heterocycles. The first-order valence-corrected chi connectivity index (χ1v) is 9.77. The summed E-state index contributed by atoms with van der Waals surface area (Å²) in [5, 5.41) is 3.01. The predicted molar refractivity (Wildman–Crippen MR) is 108 cm³/mol. The minimum atomic E-state index is -0.393. The molecule has 1 aliphatic rings. The maximum Gasteiger partial charge on any atom is 0.225 e. The van der Waals surface area contributed by atoms with Crippen LogP contribution in [0.5, 0.6) is 11.5 Å². The third-order valence-electron chi connectivity index (χ3n) is 5.33. The van der Waals surface area contributed by atoms with Crippen LogP contribution >= 0.6 is 0 Å². The molecular formula is C22H27N3O4. The first-order valence-electron chi connectivity index (χ1n) is 9.77. The van der Waals surface area contributed by atoms with Gasteiger partial charge in [-0.2, -0.15) is 0 Å². The van der Waals surface area contributed by atoms with Crippen molar-refractivity contribution >= 4 is 11.8 Å². The molecular weight excluding hydrogens is 370 g/mol. The van der Waals surface area contributed by atoms with Gasteiger partial charge in [0.25, 0.3) is 0 Å². The van der Waals surface area contributed by atoms with E-state index >= 15 is 0 Å². The summed E-state index contributed by atoms with van der Waals surface area (Å²) >= 11 is 0. The Labute approximate surface area is 171 Å². The van der Waals surface area contributed by atoms with E-state index in [9.17, 15) is 9.59 Å². The number of nitrogens with zero attached hydrogens (tertiary/aromatic N) is 2. The van der Waals surface area contributed by atoms with E-state index in [0.717, 1.165) is 11.1 Å². The first-order chi connectivity index (χ1) is 14.1. The summed E-state index contributed by atoms with van der Waals surface area (Å²) in [5.41, 5.74) is 1.74. The Hall–Kier alpha value is -3.09. The standard InChI is InChI=1S/C22H27N3O4/c1-4-25-20(26)10-9-18(22(27)24-14-15-6-5-11-23-13-15)21(25)17-8-7-16(28-2)12-19(17)29-3/h5-8,11-13,18,21H,4,9-10,14H2,1-3H3,(H,24,27)/t18-,21+/m1/s1. The minimum Gasteiger partial charge on any atom is -0.497 e. The number of nitrogens with one attached hydrogen (secondary N) is 1. The van der Waals surface area contributed by atoms with Crippen LogP contribution in [0.2, 0.25) is 0 Å². The summed E-state index contributed by atoms with van der Waals surface area (Å²) in [5.74, 6) is 0.863. The highest BCUT2D eigenvalue weighted by Gasteiger charge is 2.41. The molecule has 29 heavy (non-hydrogen) atoms. The Bertz CT molecular complexity index is 856.